The number of fused-ring (bicyclic) bond motifs is 1. The summed E-state index contributed by atoms with van der Waals surface area (Å²) in [5.74, 6) is 1.59. The van der Waals surface area contributed by atoms with E-state index >= 15 is 0 Å². The second-order valence-corrected chi connectivity index (χ2v) is 10.3. The third-order valence-corrected chi connectivity index (χ3v) is 6.94. The van der Waals surface area contributed by atoms with Crippen LogP contribution in [0.1, 0.15) is 0 Å². The molecule has 3 aromatic heterocycles. The van der Waals surface area contributed by atoms with Gasteiger partial charge in [0, 0.05) is 65.5 Å². The number of carbonyl (C=O) groups is 1. The molecule has 4 heterocycles. The van der Waals surface area contributed by atoms with Crippen molar-refractivity contribution in [3.05, 3.63) is 42.4 Å². The SMILES string of the molecule is CN(C)CCNC(=O)COc1ccc(N2CCN(CCN(C)c3nc(N)n4nc(-c5ccco5)nc4n3)CC2)c(F)c1. The Hall–Kier alpha value is -4.50. The first-order valence-electron chi connectivity index (χ1n) is 13.7. The van der Waals surface area contributed by atoms with Crippen LogP contribution in [0.15, 0.2) is 41.0 Å². The second kappa shape index (κ2) is 13.0. The Balaban J connectivity index is 1.09. The molecule has 3 N–H and O–H groups in total. The number of nitrogens with two attached hydrogens (primary N) is 1. The predicted octanol–water partition coefficient (Wildman–Crippen LogP) is 0.816. The van der Waals surface area contributed by atoms with Gasteiger partial charge in [0.1, 0.15) is 11.6 Å². The number of amides is 1. The number of furan rings is 1. The molecule has 0 radical (unpaired) electrons. The molecule has 15 heteroatoms. The van der Waals surface area contributed by atoms with Gasteiger partial charge in [-0.05, 0) is 38.4 Å². The van der Waals surface area contributed by atoms with E-state index in [9.17, 15) is 9.18 Å². The number of nitrogens with zero attached hydrogens (tertiary/aromatic N) is 9. The quantitative estimate of drug-likeness (QED) is 0.244. The number of rotatable bonds is 12. The molecule has 1 amide bonds. The van der Waals surface area contributed by atoms with E-state index in [2.05, 4.69) is 30.3 Å². The number of hydrogen-bond donors (Lipinski definition) is 2. The van der Waals surface area contributed by atoms with E-state index in [1.54, 1.807) is 30.5 Å². The van der Waals surface area contributed by atoms with Crippen LogP contribution in [0.5, 0.6) is 5.75 Å². The van der Waals surface area contributed by atoms with Crippen LogP contribution in [-0.4, -0.2) is 120 Å². The number of nitrogen functional groups attached to an aromatic ring is 1. The number of carbonyl (C=O) groups excluding carboxylic acids is 1. The molecule has 0 aliphatic carbocycles. The van der Waals surface area contributed by atoms with Gasteiger partial charge in [0.05, 0.1) is 12.0 Å². The van der Waals surface area contributed by atoms with Gasteiger partial charge in [0.2, 0.25) is 17.7 Å². The first kappa shape index (κ1) is 29.0. The molecule has 1 aromatic carbocycles. The van der Waals surface area contributed by atoms with Gasteiger partial charge in [-0.15, -0.1) is 5.10 Å². The highest BCUT2D eigenvalue weighted by Crippen LogP contribution is 2.25. The van der Waals surface area contributed by atoms with Crippen LogP contribution in [-0.2, 0) is 4.79 Å². The summed E-state index contributed by atoms with van der Waals surface area (Å²) in [7, 11) is 5.76. The van der Waals surface area contributed by atoms with Crippen molar-refractivity contribution in [3.63, 3.8) is 0 Å². The van der Waals surface area contributed by atoms with Crippen LogP contribution in [0.3, 0.4) is 0 Å². The van der Waals surface area contributed by atoms with Crippen LogP contribution < -0.4 is 25.6 Å². The largest absolute Gasteiger partial charge is 0.484 e. The summed E-state index contributed by atoms with van der Waals surface area (Å²) >= 11 is 0. The maximum atomic E-state index is 14.9. The van der Waals surface area contributed by atoms with E-state index in [1.807, 2.05) is 35.8 Å². The summed E-state index contributed by atoms with van der Waals surface area (Å²) in [4.78, 5) is 33.5. The Bertz CT molecular complexity index is 1490. The van der Waals surface area contributed by atoms with Crippen LogP contribution in [0, 0.1) is 5.82 Å². The van der Waals surface area contributed by atoms with Crippen molar-refractivity contribution in [1.29, 1.82) is 0 Å². The molecular weight excluding hydrogens is 545 g/mol. The van der Waals surface area contributed by atoms with Gasteiger partial charge in [-0.1, -0.05) is 0 Å². The van der Waals surface area contributed by atoms with Crippen LogP contribution in [0.4, 0.5) is 22.0 Å². The summed E-state index contributed by atoms with van der Waals surface area (Å²) in [6, 6.07) is 8.26. The Morgan fingerprint density at radius 2 is 1.93 bits per heavy atom. The number of piperazine rings is 1. The first-order valence-corrected chi connectivity index (χ1v) is 13.7. The minimum absolute atomic E-state index is 0.157. The molecule has 4 aromatic rings. The molecule has 14 nitrogen and oxygen atoms in total. The van der Waals surface area contributed by atoms with E-state index in [0.29, 0.717) is 60.9 Å². The highest BCUT2D eigenvalue weighted by molar-refractivity contribution is 5.77. The normalized spacial score (nSPS) is 14.1. The summed E-state index contributed by atoms with van der Waals surface area (Å²) in [6.07, 6.45) is 1.55. The number of halogens is 1. The molecule has 42 heavy (non-hydrogen) atoms. The molecule has 0 spiro atoms. The van der Waals surface area contributed by atoms with Crippen molar-refractivity contribution in [3.8, 4) is 17.3 Å². The molecule has 1 saturated heterocycles. The maximum absolute atomic E-state index is 14.9. The van der Waals surface area contributed by atoms with Crippen molar-refractivity contribution < 1.29 is 18.3 Å². The lowest BCUT2D eigenvalue weighted by Gasteiger charge is -2.36. The first-order chi connectivity index (χ1) is 20.3. The van der Waals surface area contributed by atoms with Crippen molar-refractivity contribution in [2.75, 3.05) is 95.6 Å². The zero-order valence-electron chi connectivity index (χ0n) is 24.0. The minimum Gasteiger partial charge on any atom is -0.484 e. The zero-order chi connectivity index (χ0) is 29.6. The van der Waals surface area contributed by atoms with Crippen LogP contribution in [0.2, 0.25) is 0 Å². The lowest BCUT2D eigenvalue weighted by Crippen LogP contribution is -2.48. The molecule has 0 saturated carbocycles. The number of hydrogen-bond acceptors (Lipinski definition) is 12. The molecule has 1 aliphatic heterocycles. The third kappa shape index (κ3) is 7.03. The highest BCUT2D eigenvalue weighted by atomic mass is 19.1. The predicted molar refractivity (Wildman–Crippen MR) is 156 cm³/mol. The van der Waals surface area contributed by atoms with Crippen molar-refractivity contribution in [1.82, 2.24) is 39.7 Å². The van der Waals surface area contributed by atoms with Gasteiger partial charge < -0.3 is 34.9 Å². The number of ether oxygens (including phenoxy) is 1. The van der Waals surface area contributed by atoms with Gasteiger partial charge >= 0.3 is 0 Å². The molecule has 1 fully saturated rings. The van der Waals surface area contributed by atoms with Crippen LogP contribution >= 0.6 is 0 Å². The zero-order valence-corrected chi connectivity index (χ0v) is 24.0. The van der Waals surface area contributed by atoms with E-state index in [1.165, 1.54) is 10.6 Å². The van der Waals surface area contributed by atoms with Gasteiger partial charge in [-0.25, -0.2) is 4.39 Å². The Labute approximate surface area is 242 Å². The Morgan fingerprint density at radius 1 is 1.12 bits per heavy atom. The summed E-state index contributed by atoms with van der Waals surface area (Å²) < 4.78 is 27.2. The lowest BCUT2D eigenvalue weighted by molar-refractivity contribution is -0.123. The fraction of sp³-hybridized carbons (Fsp3) is 0.444. The smallest absolute Gasteiger partial charge is 0.259 e. The van der Waals surface area contributed by atoms with Crippen molar-refractivity contribution >= 4 is 29.3 Å². The fourth-order valence-electron chi connectivity index (χ4n) is 4.53. The number of anilines is 3. The van der Waals surface area contributed by atoms with Crippen molar-refractivity contribution in [2.24, 2.45) is 0 Å². The molecule has 5 rings (SSSR count). The highest BCUT2D eigenvalue weighted by Gasteiger charge is 2.21. The summed E-state index contributed by atoms with van der Waals surface area (Å²) in [5, 5.41) is 7.10. The van der Waals surface area contributed by atoms with E-state index < -0.39 is 0 Å². The number of likely N-dealkylation sites (N-methyl/N-ethyl adjacent to an activating group) is 2. The monoisotopic (exact) mass is 581 g/mol. The van der Waals surface area contributed by atoms with Gasteiger partial charge in [0.15, 0.2) is 12.4 Å². The standard InChI is InChI=1S/C27H36FN11O3/c1-35(2)9-8-30-23(40)18-42-19-6-7-21(20(28)17-19)38-14-12-37(13-15-38)11-10-36(3)26-32-25(29)39-27(33-26)31-24(34-39)22-5-4-16-41-22/h4-7,16-17H,8-15,18H2,1-3H3,(H,30,40)(H2,29,31,32,33,34). The molecule has 224 valence electrons. The maximum Gasteiger partial charge on any atom is 0.259 e. The molecule has 0 atom stereocenters. The molecule has 1 aliphatic rings. The number of benzene rings is 1. The summed E-state index contributed by atoms with van der Waals surface area (Å²) in [6.45, 7) is 5.45. The fourth-order valence-corrected chi connectivity index (χ4v) is 4.53. The lowest BCUT2D eigenvalue weighted by atomic mass is 10.2. The van der Waals surface area contributed by atoms with E-state index in [-0.39, 0.29) is 24.3 Å². The number of nitrogens with one attached hydrogen (secondary N) is 1. The Morgan fingerprint density at radius 3 is 2.64 bits per heavy atom. The molecular formula is C27H36FN11O3. The van der Waals surface area contributed by atoms with Gasteiger partial charge in [0.25, 0.3) is 11.7 Å². The average molecular weight is 582 g/mol. The van der Waals surface area contributed by atoms with Gasteiger partial charge in [-0.2, -0.15) is 19.5 Å². The Kier molecular flexibility index (Phi) is 8.97. The minimum atomic E-state index is -0.373. The average Bonchev–Trinajstić information content (AvgIpc) is 3.66. The number of aromatic nitrogens is 5. The second-order valence-electron chi connectivity index (χ2n) is 10.3. The van der Waals surface area contributed by atoms with E-state index in [4.69, 9.17) is 14.9 Å². The van der Waals surface area contributed by atoms with Gasteiger partial charge in [-0.3, -0.25) is 9.69 Å². The van der Waals surface area contributed by atoms with E-state index in [0.717, 1.165) is 26.2 Å². The van der Waals surface area contributed by atoms with Crippen molar-refractivity contribution in [2.45, 2.75) is 0 Å². The topological polar surface area (TPSA) is 146 Å². The molecule has 0 bridgehead atoms. The summed E-state index contributed by atoms with van der Waals surface area (Å²) in [5.41, 5.74) is 6.65. The molecule has 0 unspecified atom stereocenters. The third-order valence-electron chi connectivity index (χ3n) is 6.94. The van der Waals surface area contributed by atoms with Crippen LogP contribution in [0.25, 0.3) is 17.4 Å².